The normalized spacial score (nSPS) is 10.9. The second-order valence-electron chi connectivity index (χ2n) is 2.86. The van der Waals surface area contributed by atoms with Gasteiger partial charge in [0.25, 0.3) is 0 Å². The van der Waals surface area contributed by atoms with Gasteiger partial charge in [0.2, 0.25) is 0 Å². The minimum Gasteiger partial charge on any atom is -0.464 e. The van der Waals surface area contributed by atoms with Crippen molar-refractivity contribution in [3.8, 4) is 10.6 Å². The maximum absolute atomic E-state index is 5.31. The van der Waals surface area contributed by atoms with Crippen molar-refractivity contribution in [3.63, 3.8) is 0 Å². The van der Waals surface area contributed by atoms with Crippen LogP contribution in [0.2, 0.25) is 0 Å². The molecule has 3 aromatic rings. The summed E-state index contributed by atoms with van der Waals surface area (Å²) in [7, 11) is 0. The van der Waals surface area contributed by atoms with Crippen LogP contribution in [0.4, 0.5) is 0 Å². The molecule has 0 spiro atoms. The minimum atomic E-state index is 0.882. The van der Waals surface area contributed by atoms with Gasteiger partial charge in [0, 0.05) is 6.20 Å². The Morgan fingerprint density at radius 3 is 3.14 bits per heavy atom. The lowest BCUT2D eigenvalue weighted by atomic mass is 10.3. The van der Waals surface area contributed by atoms with E-state index in [0.29, 0.717) is 0 Å². The number of thiophene rings is 1. The van der Waals surface area contributed by atoms with Crippen molar-refractivity contribution in [1.29, 1.82) is 0 Å². The van der Waals surface area contributed by atoms with E-state index in [1.54, 1.807) is 23.9 Å². The van der Waals surface area contributed by atoms with Crippen LogP contribution in [-0.4, -0.2) is 9.97 Å². The second-order valence-corrected chi connectivity index (χ2v) is 3.94. The molecule has 0 bridgehead atoms. The van der Waals surface area contributed by atoms with E-state index in [9.17, 15) is 0 Å². The van der Waals surface area contributed by atoms with Gasteiger partial charge in [0.05, 0.1) is 21.4 Å². The first-order valence-corrected chi connectivity index (χ1v) is 4.98. The van der Waals surface area contributed by atoms with Gasteiger partial charge in [-0.25, -0.2) is 9.97 Å². The molecule has 0 fully saturated rings. The van der Waals surface area contributed by atoms with Gasteiger partial charge >= 0.3 is 0 Å². The Labute approximate surface area is 84.0 Å². The minimum absolute atomic E-state index is 0.882. The number of furan rings is 1. The molecule has 3 nitrogen and oxygen atoms in total. The van der Waals surface area contributed by atoms with E-state index in [0.717, 1.165) is 20.9 Å². The van der Waals surface area contributed by atoms with Crippen LogP contribution in [0.15, 0.2) is 41.4 Å². The number of aromatic nitrogens is 2. The molecule has 0 aliphatic carbocycles. The number of hydrogen-bond acceptors (Lipinski definition) is 4. The predicted molar refractivity (Wildman–Crippen MR) is 55.1 cm³/mol. The average molecular weight is 202 g/mol. The summed E-state index contributed by atoms with van der Waals surface area (Å²) >= 11 is 1.64. The summed E-state index contributed by atoms with van der Waals surface area (Å²) in [5.41, 5.74) is 0.969. The maximum Gasteiger partial charge on any atom is 0.143 e. The topological polar surface area (TPSA) is 38.9 Å². The van der Waals surface area contributed by atoms with E-state index in [2.05, 4.69) is 9.97 Å². The third-order valence-corrected chi connectivity index (χ3v) is 3.03. The van der Waals surface area contributed by atoms with Crippen LogP contribution in [0.1, 0.15) is 0 Å². The Kier molecular flexibility index (Phi) is 1.61. The van der Waals surface area contributed by atoms with E-state index in [1.807, 2.05) is 24.4 Å². The van der Waals surface area contributed by atoms with Gasteiger partial charge < -0.3 is 4.42 Å². The Hall–Kier alpha value is -1.68. The highest BCUT2D eigenvalue weighted by molar-refractivity contribution is 7.22. The fraction of sp³-hybridized carbons (Fsp3) is 0. The van der Waals surface area contributed by atoms with Crippen molar-refractivity contribution in [1.82, 2.24) is 9.97 Å². The molecule has 14 heavy (non-hydrogen) atoms. The van der Waals surface area contributed by atoms with Crippen molar-refractivity contribution in [2.24, 2.45) is 0 Å². The lowest BCUT2D eigenvalue weighted by molar-refractivity contribution is 0.584. The molecule has 3 rings (SSSR count). The Balaban J connectivity index is 2.24. The molecule has 3 heterocycles. The molecule has 68 valence electrons. The van der Waals surface area contributed by atoms with Gasteiger partial charge in [-0.05, 0) is 18.2 Å². The highest BCUT2D eigenvalue weighted by Gasteiger charge is 2.06. The molecular weight excluding hydrogens is 196 g/mol. The van der Waals surface area contributed by atoms with Crippen molar-refractivity contribution in [3.05, 3.63) is 37.0 Å². The summed E-state index contributed by atoms with van der Waals surface area (Å²) in [5.74, 6) is 0.882. The van der Waals surface area contributed by atoms with Crippen LogP contribution in [0.25, 0.3) is 20.9 Å². The SMILES string of the molecule is c1coc(-c2cc3ncncc3s2)c1. The zero-order valence-electron chi connectivity index (χ0n) is 7.18. The largest absolute Gasteiger partial charge is 0.464 e. The average Bonchev–Trinajstić information content (AvgIpc) is 2.86. The molecule has 0 atom stereocenters. The monoisotopic (exact) mass is 202 g/mol. The smallest absolute Gasteiger partial charge is 0.143 e. The van der Waals surface area contributed by atoms with Gasteiger partial charge in [-0.1, -0.05) is 0 Å². The Morgan fingerprint density at radius 2 is 2.36 bits per heavy atom. The first-order valence-electron chi connectivity index (χ1n) is 4.17. The second kappa shape index (κ2) is 2.92. The predicted octanol–water partition coefficient (Wildman–Crippen LogP) is 2.95. The first kappa shape index (κ1) is 7.70. The zero-order valence-corrected chi connectivity index (χ0v) is 7.99. The van der Waals surface area contributed by atoms with Crippen LogP contribution in [0.3, 0.4) is 0 Å². The molecule has 0 N–H and O–H groups in total. The Morgan fingerprint density at radius 1 is 1.36 bits per heavy atom. The van der Waals surface area contributed by atoms with Crippen LogP contribution in [0.5, 0.6) is 0 Å². The van der Waals surface area contributed by atoms with E-state index in [-0.39, 0.29) is 0 Å². The summed E-state index contributed by atoms with van der Waals surface area (Å²) < 4.78 is 6.39. The van der Waals surface area contributed by atoms with E-state index < -0.39 is 0 Å². The molecule has 0 unspecified atom stereocenters. The third kappa shape index (κ3) is 1.12. The molecule has 0 radical (unpaired) electrons. The highest BCUT2D eigenvalue weighted by Crippen LogP contribution is 2.31. The molecule has 0 aliphatic rings. The van der Waals surface area contributed by atoms with Crippen molar-refractivity contribution >= 4 is 21.6 Å². The summed E-state index contributed by atoms with van der Waals surface area (Å²) in [6.45, 7) is 0. The Bertz CT molecular complexity index is 523. The summed E-state index contributed by atoms with van der Waals surface area (Å²) in [6, 6.07) is 5.84. The zero-order chi connectivity index (χ0) is 9.38. The lowest BCUT2D eigenvalue weighted by Gasteiger charge is -1.85. The summed E-state index contributed by atoms with van der Waals surface area (Å²) in [6.07, 6.45) is 5.05. The maximum atomic E-state index is 5.31. The standard InChI is InChI=1S/C10H6N2OS/c1-2-8(13-3-1)9-4-7-10(14-9)5-11-6-12-7/h1-6H. The van der Waals surface area contributed by atoms with Gasteiger partial charge in [0.1, 0.15) is 12.1 Å². The van der Waals surface area contributed by atoms with Crippen molar-refractivity contribution in [2.75, 3.05) is 0 Å². The molecular formula is C10H6N2OS. The van der Waals surface area contributed by atoms with Crippen LogP contribution in [-0.2, 0) is 0 Å². The fourth-order valence-corrected chi connectivity index (χ4v) is 2.28. The fourth-order valence-electron chi connectivity index (χ4n) is 1.33. The first-order chi connectivity index (χ1) is 6.93. The van der Waals surface area contributed by atoms with Crippen LogP contribution < -0.4 is 0 Å². The molecule has 3 aromatic heterocycles. The molecule has 0 aromatic carbocycles. The van der Waals surface area contributed by atoms with Gasteiger partial charge in [-0.2, -0.15) is 0 Å². The number of nitrogens with zero attached hydrogens (tertiary/aromatic N) is 2. The van der Waals surface area contributed by atoms with Gasteiger partial charge in [0.15, 0.2) is 0 Å². The van der Waals surface area contributed by atoms with Crippen LogP contribution >= 0.6 is 11.3 Å². The quantitative estimate of drug-likeness (QED) is 0.609. The third-order valence-electron chi connectivity index (χ3n) is 1.96. The summed E-state index contributed by atoms with van der Waals surface area (Å²) in [4.78, 5) is 9.23. The lowest BCUT2D eigenvalue weighted by Crippen LogP contribution is -1.72. The molecule has 0 amide bonds. The van der Waals surface area contributed by atoms with E-state index >= 15 is 0 Å². The van der Waals surface area contributed by atoms with Crippen molar-refractivity contribution in [2.45, 2.75) is 0 Å². The molecule has 0 saturated heterocycles. The molecule has 4 heteroatoms. The summed E-state index contributed by atoms with van der Waals surface area (Å²) in [5, 5.41) is 0. The number of hydrogen-bond donors (Lipinski definition) is 0. The van der Waals surface area contributed by atoms with Crippen LogP contribution in [0, 0.1) is 0 Å². The van der Waals surface area contributed by atoms with E-state index in [4.69, 9.17) is 4.42 Å². The number of fused-ring (bicyclic) bond motifs is 1. The van der Waals surface area contributed by atoms with Gasteiger partial charge in [-0.15, -0.1) is 11.3 Å². The molecule has 0 aliphatic heterocycles. The van der Waals surface area contributed by atoms with E-state index in [1.165, 1.54) is 0 Å². The van der Waals surface area contributed by atoms with Gasteiger partial charge in [-0.3, -0.25) is 0 Å². The number of rotatable bonds is 1. The molecule has 0 saturated carbocycles. The highest BCUT2D eigenvalue weighted by atomic mass is 32.1. The van der Waals surface area contributed by atoms with Crippen molar-refractivity contribution < 1.29 is 4.42 Å².